The molecule has 0 bridgehead atoms. The Labute approximate surface area is 109 Å². The molecule has 0 amide bonds. The third-order valence-electron chi connectivity index (χ3n) is 1.65. The zero-order valence-electron chi connectivity index (χ0n) is 7.80. The van der Waals surface area contributed by atoms with E-state index in [1.807, 2.05) is 30.3 Å². The molecule has 0 spiro atoms. The molecule has 2 rings (SSSR count). The van der Waals surface area contributed by atoms with Gasteiger partial charge in [-0.05, 0) is 10.3 Å². The fourth-order valence-electron chi connectivity index (χ4n) is 0.941. The summed E-state index contributed by atoms with van der Waals surface area (Å²) in [4.78, 5) is 0. The molecule has 0 unspecified atom stereocenters. The maximum atomic E-state index is 5.98. The normalized spacial score (nSPS) is 13.1. The van der Waals surface area contributed by atoms with Gasteiger partial charge in [0, 0.05) is 16.1 Å². The topological polar surface area (TPSA) is 37.6 Å². The average Bonchev–Trinajstić information content (AvgIpc) is 2.73. The van der Waals surface area contributed by atoms with Gasteiger partial charge in [0.25, 0.3) is 0 Å². The molecule has 0 radical (unpaired) electrons. The molecule has 16 heavy (non-hydrogen) atoms. The Morgan fingerprint density at radius 1 is 1.25 bits per heavy atom. The van der Waals surface area contributed by atoms with E-state index < -0.39 is 0 Å². The van der Waals surface area contributed by atoms with Crippen molar-refractivity contribution in [2.45, 2.75) is 0 Å². The van der Waals surface area contributed by atoms with Gasteiger partial charge in [0.1, 0.15) is 0 Å². The van der Waals surface area contributed by atoms with E-state index in [0.717, 1.165) is 5.56 Å². The van der Waals surface area contributed by atoms with Gasteiger partial charge >= 0.3 is 0 Å². The zero-order chi connectivity index (χ0) is 11.4. The first-order valence-corrected chi connectivity index (χ1v) is 7.08. The van der Waals surface area contributed by atoms with Crippen molar-refractivity contribution in [2.24, 2.45) is 10.2 Å². The Balaban J connectivity index is 2.31. The van der Waals surface area contributed by atoms with E-state index in [4.69, 9.17) is 23.2 Å². The summed E-state index contributed by atoms with van der Waals surface area (Å²) in [6, 6.07) is 9.40. The number of hydrogen-bond donors (Lipinski definition) is 0. The van der Waals surface area contributed by atoms with Crippen molar-refractivity contribution >= 4 is 49.2 Å². The van der Waals surface area contributed by atoms with Gasteiger partial charge in [-0.25, -0.2) is 0 Å². The Morgan fingerprint density at radius 2 is 2.00 bits per heavy atom. The largest absolute Gasteiger partial charge is 0.188 e. The van der Waals surface area contributed by atoms with Crippen molar-refractivity contribution in [1.82, 2.24) is 4.37 Å². The van der Waals surface area contributed by atoms with Crippen LogP contribution in [0.25, 0.3) is 0 Å². The molecule has 1 aromatic carbocycles. The number of aromatic nitrogens is 1. The lowest BCUT2D eigenvalue weighted by atomic mass is 10.2. The quantitative estimate of drug-likeness (QED) is 0.475. The zero-order valence-corrected chi connectivity index (χ0v) is 10.9. The Kier molecular flexibility index (Phi) is 4.06. The van der Waals surface area contributed by atoms with Gasteiger partial charge in [-0.1, -0.05) is 53.5 Å². The first-order valence-electron chi connectivity index (χ1n) is 4.21. The number of hydrogen-bond acceptors (Lipinski definition) is 5. The third-order valence-corrected chi connectivity index (χ3v) is 4.11. The monoisotopic (exact) mass is 289 g/mol. The van der Waals surface area contributed by atoms with E-state index in [1.165, 1.54) is 20.9 Å². The summed E-state index contributed by atoms with van der Waals surface area (Å²) in [5, 5.41) is 8.52. The van der Waals surface area contributed by atoms with E-state index in [2.05, 4.69) is 14.6 Å². The molecule has 3 nitrogen and oxygen atoms in total. The Morgan fingerprint density at radius 3 is 2.62 bits per heavy atom. The molecule has 82 valence electrons. The van der Waals surface area contributed by atoms with Crippen LogP contribution in [0.15, 0.2) is 40.5 Å². The number of benzene rings is 1. The van der Waals surface area contributed by atoms with Gasteiger partial charge in [-0.15, -0.1) is 10.2 Å². The number of halogens is 2. The Hall–Kier alpha value is -0.750. The molecule has 1 aromatic heterocycles. The standard InChI is InChI=1S/C9H5Cl2N3S2/c10-7(6-4-2-1-3-5-6)12-13-9-8(11)14-16-15-9/h1-5H/b12-7-,13-9+. The second-order valence-electron chi connectivity index (χ2n) is 2.70. The van der Waals surface area contributed by atoms with Gasteiger partial charge < -0.3 is 0 Å². The molecule has 0 aliphatic heterocycles. The summed E-state index contributed by atoms with van der Waals surface area (Å²) in [7, 11) is 2.62. The van der Waals surface area contributed by atoms with Crippen molar-refractivity contribution in [3.8, 4) is 0 Å². The van der Waals surface area contributed by atoms with Gasteiger partial charge in [0.05, 0.1) is 0 Å². The van der Waals surface area contributed by atoms with Crippen LogP contribution < -0.4 is 4.67 Å². The molecule has 7 heteroatoms. The predicted molar refractivity (Wildman–Crippen MR) is 69.4 cm³/mol. The molecule has 0 saturated heterocycles. The molecule has 0 N–H and O–H groups in total. The Bertz CT molecular complexity index is 559. The molecular weight excluding hydrogens is 285 g/mol. The number of nitrogens with zero attached hydrogens (tertiary/aromatic N) is 3. The SMILES string of the molecule is Cl/C(=N\N=c1\ssnc1Cl)c1ccccc1. The van der Waals surface area contributed by atoms with Crippen LogP contribution in [0.2, 0.25) is 5.15 Å². The van der Waals surface area contributed by atoms with Crippen molar-refractivity contribution in [1.29, 1.82) is 0 Å². The summed E-state index contributed by atoms with van der Waals surface area (Å²) in [6.45, 7) is 0. The van der Waals surface area contributed by atoms with Crippen molar-refractivity contribution in [3.05, 3.63) is 45.7 Å². The lowest BCUT2D eigenvalue weighted by molar-refractivity contribution is 1.16. The van der Waals surface area contributed by atoms with Crippen LogP contribution in [0.4, 0.5) is 0 Å². The van der Waals surface area contributed by atoms with Crippen LogP contribution in [-0.2, 0) is 0 Å². The summed E-state index contributed by atoms with van der Waals surface area (Å²) in [5.41, 5.74) is 0.817. The summed E-state index contributed by atoms with van der Waals surface area (Å²) >= 11 is 11.7. The maximum Gasteiger partial charge on any atom is 0.188 e. The lowest BCUT2D eigenvalue weighted by Crippen LogP contribution is -1.95. The highest BCUT2D eigenvalue weighted by atomic mass is 35.5. The van der Waals surface area contributed by atoms with Crippen LogP contribution in [-0.4, -0.2) is 9.54 Å². The smallest absolute Gasteiger partial charge is 0.167 e. The van der Waals surface area contributed by atoms with E-state index in [1.54, 1.807) is 0 Å². The minimum absolute atomic E-state index is 0.329. The predicted octanol–water partition coefficient (Wildman–Crippen LogP) is 3.36. The molecule has 0 fully saturated rings. The third kappa shape index (κ3) is 2.89. The fraction of sp³-hybridized carbons (Fsp3) is 0. The minimum Gasteiger partial charge on any atom is -0.167 e. The molecule has 1 heterocycles. The summed E-state index contributed by atoms with van der Waals surface area (Å²) < 4.78 is 4.46. The highest BCUT2D eigenvalue weighted by molar-refractivity contribution is 7.66. The molecular formula is C9H5Cl2N3S2. The second kappa shape index (κ2) is 5.54. The maximum absolute atomic E-state index is 5.98. The van der Waals surface area contributed by atoms with Gasteiger partial charge in [0.15, 0.2) is 15.0 Å². The van der Waals surface area contributed by atoms with Crippen LogP contribution >= 0.6 is 44.1 Å². The molecule has 0 aliphatic rings. The van der Waals surface area contributed by atoms with E-state index in [-0.39, 0.29) is 0 Å². The van der Waals surface area contributed by atoms with E-state index >= 15 is 0 Å². The van der Waals surface area contributed by atoms with Crippen LogP contribution in [0.1, 0.15) is 5.56 Å². The molecule has 2 aromatic rings. The molecule has 0 atom stereocenters. The summed E-state index contributed by atoms with van der Waals surface area (Å²) in [6.07, 6.45) is 0. The van der Waals surface area contributed by atoms with Crippen molar-refractivity contribution in [3.63, 3.8) is 0 Å². The highest BCUT2D eigenvalue weighted by Crippen LogP contribution is 2.07. The van der Waals surface area contributed by atoms with Crippen LogP contribution in [0.3, 0.4) is 0 Å². The van der Waals surface area contributed by atoms with Crippen molar-refractivity contribution in [2.75, 3.05) is 0 Å². The second-order valence-corrected chi connectivity index (χ2v) is 5.25. The first kappa shape index (κ1) is 11.7. The number of rotatable bonds is 2. The van der Waals surface area contributed by atoms with Gasteiger partial charge in [0.2, 0.25) is 0 Å². The molecule has 0 saturated carbocycles. The minimum atomic E-state index is 0.329. The van der Waals surface area contributed by atoms with Gasteiger partial charge in [-0.3, -0.25) is 0 Å². The molecule has 0 aliphatic carbocycles. The highest BCUT2D eigenvalue weighted by Gasteiger charge is 1.99. The van der Waals surface area contributed by atoms with Crippen LogP contribution in [0.5, 0.6) is 0 Å². The van der Waals surface area contributed by atoms with Gasteiger partial charge in [-0.2, -0.15) is 4.37 Å². The van der Waals surface area contributed by atoms with E-state index in [0.29, 0.717) is 15.0 Å². The van der Waals surface area contributed by atoms with Crippen molar-refractivity contribution < 1.29 is 0 Å². The lowest BCUT2D eigenvalue weighted by Gasteiger charge is -1.93. The first-order chi connectivity index (χ1) is 7.77. The van der Waals surface area contributed by atoms with E-state index in [9.17, 15) is 0 Å². The summed E-state index contributed by atoms with van der Waals surface area (Å²) in [5.74, 6) is 0. The average molecular weight is 290 g/mol. The fourth-order valence-corrected chi connectivity index (χ4v) is 3.01. The van der Waals surface area contributed by atoms with Crippen LogP contribution in [0, 0.1) is 0 Å².